The van der Waals surface area contributed by atoms with E-state index in [4.69, 9.17) is 14.2 Å². The van der Waals surface area contributed by atoms with Crippen LogP contribution in [0.3, 0.4) is 0 Å². The molecule has 2 rings (SSSR count). The van der Waals surface area contributed by atoms with Crippen LogP contribution in [0.15, 0.2) is 43.0 Å². The van der Waals surface area contributed by atoms with Gasteiger partial charge < -0.3 is 14.2 Å². The fraction of sp³-hybridized carbons (Fsp3) is 0.654. The fourth-order valence-electron chi connectivity index (χ4n) is 3.99. The molecule has 0 spiro atoms. The van der Waals surface area contributed by atoms with Gasteiger partial charge in [0.2, 0.25) is 0 Å². The molecular weight excluding hydrogens is 376 g/mol. The highest BCUT2D eigenvalue weighted by Crippen LogP contribution is 2.41. The molecule has 4 heteroatoms. The zero-order valence-electron chi connectivity index (χ0n) is 20.1. The van der Waals surface area contributed by atoms with E-state index in [0.717, 1.165) is 6.42 Å². The van der Waals surface area contributed by atoms with Crippen molar-refractivity contribution in [2.45, 2.75) is 92.1 Å². The number of ether oxygens (including phenoxy) is 3. The van der Waals surface area contributed by atoms with Crippen LogP contribution in [-0.4, -0.2) is 30.6 Å². The van der Waals surface area contributed by atoms with Gasteiger partial charge in [-0.25, -0.2) is 4.79 Å². The Morgan fingerprint density at radius 1 is 1.13 bits per heavy atom. The first-order chi connectivity index (χ1) is 14.0. The molecule has 0 radical (unpaired) electrons. The molecule has 4 nitrogen and oxygen atoms in total. The fourth-order valence-corrected chi connectivity index (χ4v) is 3.99. The standard InChI is InChI=1S/C23H36O4.C3H6/c1-17(16-25-21(24)18-12-8-7-9-13-18)26-23(5,6)27-20-15-11-10-14-19(20)22(2,3)4;1-3-2/h7-9,12-13,17,19-20H,10-11,14-16H2,1-6H3;3H,1H2,2H3. The molecule has 1 aliphatic rings. The maximum atomic E-state index is 12.1. The van der Waals surface area contributed by atoms with Gasteiger partial charge in [0, 0.05) is 0 Å². The van der Waals surface area contributed by atoms with Crippen LogP contribution in [0.5, 0.6) is 0 Å². The first-order valence-corrected chi connectivity index (χ1v) is 11.1. The second-order valence-electron chi connectivity index (χ2n) is 9.61. The molecule has 1 aromatic rings. The van der Waals surface area contributed by atoms with Gasteiger partial charge in [-0.3, -0.25) is 0 Å². The maximum Gasteiger partial charge on any atom is 0.338 e. The van der Waals surface area contributed by atoms with Crippen molar-refractivity contribution in [3.05, 3.63) is 48.6 Å². The summed E-state index contributed by atoms with van der Waals surface area (Å²) in [7, 11) is 0. The number of carbonyl (C=O) groups excluding carboxylic acids is 1. The van der Waals surface area contributed by atoms with Crippen molar-refractivity contribution in [3.8, 4) is 0 Å². The minimum Gasteiger partial charge on any atom is -0.459 e. The maximum absolute atomic E-state index is 12.1. The van der Waals surface area contributed by atoms with Crippen molar-refractivity contribution < 1.29 is 19.0 Å². The third-order valence-corrected chi connectivity index (χ3v) is 5.19. The zero-order valence-corrected chi connectivity index (χ0v) is 20.1. The normalized spacial score (nSPS) is 20.5. The summed E-state index contributed by atoms with van der Waals surface area (Å²) in [5.41, 5.74) is 0.772. The van der Waals surface area contributed by atoms with Crippen LogP contribution >= 0.6 is 0 Å². The molecule has 3 atom stereocenters. The summed E-state index contributed by atoms with van der Waals surface area (Å²) in [6.45, 7) is 18.1. The lowest BCUT2D eigenvalue weighted by atomic mass is 9.70. The van der Waals surface area contributed by atoms with Crippen LogP contribution < -0.4 is 0 Å². The number of rotatable bonds is 7. The predicted molar refractivity (Wildman–Crippen MR) is 124 cm³/mol. The van der Waals surface area contributed by atoms with Gasteiger partial charge in [0.05, 0.1) is 17.8 Å². The largest absolute Gasteiger partial charge is 0.459 e. The number of esters is 1. The van der Waals surface area contributed by atoms with Crippen molar-refractivity contribution in [3.63, 3.8) is 0 Å². The van der Waals surface area contributed by atoms with Crippen molar-refractivity contribution in [1.82, 2.24) is 0 Å². The third kappa shape index (κ3) is 9.44. The average molecular weight is 419 g/mol. The van der Waals surface area contributed by atoms with Gasteiger partial charge in [0.1, 0.15) is 6.61 Å². The van der Waals surface area contributed by atoms with E-state index in [1.165, 1.54) is 19.3 Å². The van der Waals surface area contributed by atoms with Crippen LogP contribution in [-0.2, 0) is 14.2 Å². The summed E-state index contributed by atoms with van der Waals surface area (Å²) in [5.74, 6) is -0.519. The number of hydrogen-bond acceptors (Lipinski definition) is 4. The van der Waals surface area contributed by atoms with Crippen molar-refractivity contribution in [2.24, 2.45) is 11.3 Å². The van der Waals surface area contributed by atoms with E-state index in [0.29, 0.717) is 11.5 Å². The molecule has 30 heavy (non-hydrogen) atoms. The third-order valence-electron chi connectivity index (χ3n) is 5.19. The van der Waals surface area contributed by atoms with Gasteiger partial charge in [0.15, 0.2) is 5.79 Å². The molecule has 0 saturated heterocycles. The molecule has 170 valence electrons. The highest BCUT2D eigenvalue weighted by Gasteiger charge is 2.38. The highest BCUT2D eigenvalue weighted by atomic mass is 16.7. The van der Waals surface area contributed by atoms with Gasteiger partial charge >= 0.3 is 5.97 Å². The molecule has 1 fully saturated rings. The Balaban J connectivity index is 0.00000141. The Morgan fingerprint density at radius 3 is 2.27 bits per heavy atom. The molecule has 1 aliphatic carbocycles. The molecule has 0 bridgehead atoms. The van der Waals surface area contributed by atoms with Gasteiger partial charge in [-0.2, -0.15) is 0 Å². The van der Waals surface area contributed by atoms with Crippen LogP contribution in [0.2, 0.25) is 0 Å². The Kier molecular flexibility index (Phi) is 10.8. The summed E-state index contributed by atoms with van der Waals surface area (Å²) in [6.07, 6.45) is 6.46. The Labute approximate surface area is 184 Å². The molecule has 0 aliphatic heterocycles. The lowest BCUT2D eigenvalue weighted by Crippen LogP contribution is -2.44. The lowest BCUT2D eigenvalue weighted by molar-refractivity contribution is -0.274. The lowest BCUT2D eigenvalue weighted by Gasteiger charge is -2.43. The topological polar surface area (TPSA) is 44.8 Å². The number of benzene rings is 1. The van der Waals surface area contributed by atoms with E-state index in [9.17, 15) is 4.79 Å². The average Bonchev–Trinajstić information content (AvgIpc) is 2.66. The van der Waals surface area contributed by atoms with Crippen molar-refractivity contribution in [1.29, 1.82) is 0 Å². The van der Waals surface area contributed by atoms with Gasteiger partial charge in [-0.1, -0.05) is 57.9 Å². The number of carbonyl (C=O) groups is 1. The highest BCUT2D eigenvalue weighted by molar-refractivity contribution is 5.89. The molecule has 0 N–H and O–H groups in total. The van der Waals surface area contributed by atoms with E-state index in [-0.39, 0.29) is 30.2 Å². The SMILES string of the molecule is C=CC.CC(COC(=O)c1ccccc1)OC(C)(C)OC1CCCCC1C(C)(C)C. The Hall–Kier alpha value is -1.65. The van der Waals surface area contributed by atoms with Crippen LogP contribution in [0, 0.1) is 11.3 Å². The van der Waals surface area contributed by atoms with E-state index in [1.807, 2.05) is 45.9 Å². The van der Waals surface area contributed by atoms with Crippen molar-refractivity contribution >= 4 is 5.97 Å². The molecule has 1 saturated carbocycles. The van der Waals surface area contributed by atoms with Crippen LogP contribution in [0.1, 0.15) is 84.5 Å². The van der Waals surface area contributed by atoms with E-state index < -0.39 is 5.79 Å². The van der Waals surface area contributed by atoms with Crippen molar-refractivity contribution in [2.75, 3.05) is 6.61 Å². The van der Waals surface area contributed by atoms with Gasteiger partial charge in [0.25, 0.3) is 0 Å². The second kappa shape index (κ2) is 12.3. The van der Waals surface area contributed by atoms with Gasteiger partial charge in [-0.15, -0.1) is 6.58 Å². The van der Waals surface area contributed by atoms with E-state index in [1.54, 1.807) is 18.2 Å². The second-order valence-corrected chi connectivity index (χ2v) is 9.61. The minimum absolute atomic E-state index is 0.202. The minimum atomic E-state index is -0.718. The summed E-state index contributed by atoms with van der Waals surface area (Å²) in [6, 6.07) is 9.01. The molecule has 1 aromatic carbocycles. The first kappa shape index (κ1) is 26.4. The molecule has 0 heterocycles. The quantitative estimate of drug-likeness (QED) is 0.277. The molecular formula is C26H42O4. The van der Waals surface area contributed by atoms with E-state index in [2.05, 4.69) is 27.4 Å². The zero-order chi connectivity index (χ0) is 22.8. The number of allylic oxidation sites excluding steroid dienone is 1. The van der Waals surface area contributed by atoms with Gasteiger partial charge in [-0.05, 0) is 64.0 Å². The molecule has 0 amide bonds. The van der Waals surface area contributed by atoms with Crippen LogP contribution in [0.25, 0.3) is 0 Å². The monoisotopic (exact) mass is 418 g/mol. The Bertz CT molecular complexity index is 630. The summed E-state index contributed by atoms with van der Waals surface area (Å²) in [4.78, 5) is 12.1. The first-order valence-electron chi connectivity index (χ1n) is 11.1. The molecule has 3 unspecified atom stereocenters. The van der Waals surface area contributed by atoms with E-state index >= 15 is 0 Å². The summed E-state index contributed by atoms with van der Waals surface area (Å²) in [5, 5.41) is 0. The van der Waals surface area contributed by atoms with Crippen LogP contribution in [0.4, 0.5) is 0 Å². The Morgan fingerprint density at radius 2 is 1.70 bits per heavy atom. The number of hydrogen-bond donors (Lipinski definition) is 0. The molecule has 0 aromatic heterocycles. The summed E-state index contributed by atoms with van der Waals surface area (Å²) < 4.78 is 17.9. The summed E-state index contributed by atoms with van der Waals surface area (Å²) >= 11 is 0. The smallest absolute Gasteiger partial charge is 0.338 e. The predicted octanol–water partition coefficient (Wildman–Crippen LogP) is 6.80.